The van der Waals surface area contributed by atoms with Gasteiger partial charge in [0.15, 0.2) is 5.82 Å². The molecule has 0 saturated heterocycles. The van der Waals surface area contributed by atoms with Gasteiger partial charge in [0.1, 0.15) is 16.3 Å². The third kappa shape index (κ3) is 4.18. The molecule has 4 rings (SSSR count). The summed E-state index contributed by atoms with van der Waals surface area (Å²) in [5, 5.41) is 6.59. The van der Waals surface area contributed by atoms with Gasteiger partial charge >= 0.3 is 0 Å². The van der Waals surface area contributed by atoms with Crippen LogP contribution in [0.4, 0.5) is 5.82 Å². The van der Waals surface area contributed by atoms with E-state index >= 15 is 0 Å². The van der Waals surface area contributed by atoms with Gasteiger partial charge in [-0.05, 0) is 37.4 Å². The van der Waals surface area contributed by atoms with Crippen molar-refractivity contribution in [3.63, 3.8) is 0 Å². The second-order valence-electron chi connectivity index (χ2n) is 6.50. The first-order chi connectivity index (χ1) is 14.8. The molecule has 148 valence electrons. The summed E-state index contributed by atoms with van der Waals surface area (Å²) in [6.45, 7) is 6.20. The van der Waals surface area contributed by atoms with E-state index in [9.17, 15) is 0 Å². The number of anilines is 1. The second-order valence-corrected chi connectivity index (χ2v) is 7.36. The summed E-state index contributed by atoms with van der Waals surface area (Å²) in [6, 6.07) is 16.2. The molecule has 5 nitrogen and oxygen atoms in total. The number of fused-ring (bicyclic) bond motifs is 1. The van der Waals surface area contributed by atoms with Crippen LogP contribution in [0.2, 0.25) is 0 Å². The molecule has 0 aliphatic heterocycles. The van der Waals surface area contributed by atoms with Crippen LogP contribution in [0, 0.1) is 0 Å². The Bertz CT molecular complexity index is 1210. The summed E-state index contributed by atoms with van der Waals surface area (Å²) in [5.41, 5.74) is 3.81. The largest absolute Gasteiger partial charge is 0.364 e. The lowest BCUT2D eigenvalue weighted by Crippen LogP contribution is -2.06. The minimum absolute atomic E-state index is 0.542. The summed E-state index contributed by atoms with van der Waals surface area (Å²) in [6.07, 6.45) is 7.49. The van der Waals surface area contributed by atoms with Crippen LogP contribution in [-0.2, 0) is 6.54 Å². The van der Waals surface area contributed by atoms with Gasteiger partial charge in [-0.3, -0.25) is 9.98 Å². The first-order valence-electron chi connectivity index (χ1n) is 9.58. The Morgan fingerprint density at radius 3 is 2.70 bits per heavy atom. The molecule has 0 spiro atoms. The third-order valence-corrected chi connectivity index (χ3v) is 5.40. The maximum absolute atomic E-state index is 4.82. The average Bonchev–Trinajstić information content (AvgIpc) is 3.23. The minimum atomic E-state index is 0.542. The summed E-state index contributed by atoms with van der Waals surface area (Å²) < 4.78 is 0. The number of hydrogen-bond acceptors (Lipinski definition) is 6. The standard InChI is InChI=1S/C24H21N5S/c1-3-4-13-20(25-2)22-28-23(27-15-18-12-8-9-14-26-18)21-19(16-30-24(21)29-22)17-10-6-5-7-11-17/h3-14,16H,2,15H2,1H3,(H,27,28,29)/b4-3-,20-13-. The van der Waals surface area contributed by atoms with E-state index in [0.717, 1.165) is 32.9 Å². The molecule has 0 aliphatic carbocycles. The molecule has 3 aromatic heterocycles. The summed E-state index contributed by atoms with van der Waals surface area (Å²) >= 11 is 1.60. The van der Waals surface area contributed by atoms with Crippen LogP contribution < -0.4 is 5.32 Å². The van der Waals surface area contributed by atoms with Gasteiger partial charge in [-0.25, -0.2) is 9.97 Å². The van der Waals surface area contributed by atoms with E-state index in [4.69, 9.17) is 9.97 Å². The quantitative estimate of drug-likeness (QED) is 0.300. The zero-order valence-corrected chi connectivity index (χ0v) is 17.4. The molecule has 0 aliphatic rings. The molecular weight excluding hydrogens is 390 g/mol. The average molecular weight is 412 g/mol. The van der Waals surface area contributed by atoms with Crippen molar-refractivity contribution in [2.24, 2.45) is 4.99 Å². The van der Waals surface area contributed by atoms with E-state index in [1.165, 1.54) is 0 Å². The zero-order chi connectivity index (χ0) is 20.8. The lowest BCUT2D eigenvalue weighted by atomic mass is 10.1. The van der Waals surface area contributed by atoms with E-state index in [2.05, 4.69) is 39.5 Å². The summed E-state index contributed by atoms with van der Waals surface area (Å²) in [7, 11) is 0. The normalized spacial score (nSPS) is 11.8. The molecular formula is C24H21N5S. The Morgan fingerprint density at radius 2 is 1.97 bits per heavy atom. The Labute approximate surface area is 179 Å². The highest BCUT2D eigenvalue weighted by atomic mass is 32.1. The first-order valence-corrected chi connectivity index (χ1v) is 10.5. The van der Waals surface area contributed by atoms with Crippen molar-refractivity contribution >= 4 is 39.8 Å². The molecule has 1 N–H and O–H groups in total. The molecule has 0 atom stereocenters. The summed E-state index contributed by atoms with van der Waals surface area (Å²) in [4.78, 5) is 19.0. The molecule has 0 saturated carbocycles. The second kappa shape index (κ2) is 9.24. The number of pyridine rings is 1. The maximum atomic E-state index is 4.82. The number of thiophene rings is 1. The van der Waals surface area contributed by atoms with Crippen molar-refractivity contribution < 1.29 is 0 Å². The highest BCUT2D eigenvalue weighted by molar-refractivity contribution is 7.17. The van der Waals surface area contributed by atoms with Crippen LogP contribution in [0.25, 0.3) is 27.0 Å². The Balaban J connectivity index is 1.84. The van der Waals surface area contributed by atoms with Crippen molar-refractivity contribution in [1.29, 1.82) is 0 Å². The van der Waals surface area contributed by atoms with E-state index in [-0.39, 0.29) is 0 Å². The molecule has 30 heavy (non-hydrogen) atoms. The predicted molar refractivity (Wildman–Crippen MR) is 127 cm³/mol. The lowest BCUT2D eigenvalue weighted by molar-refractivity contribution is 1.02. The fourth-order valence-electron chi connectivity index (χ4n) is 3.08. The van der Waals surface area contributed by atoms with Crippen LogP contribution in [0.3, 0.4) is 0 Å². The van der Waals surface area contributed by atoms with Gasteiger partial charge in [0.2, 0.25) is 0 Å². The van der Waals surface area contributed by atoms with Gasteiger partial charge in [0.05, 0.1) is 17.6 Å². The monoisotopic (exact) mass is 411 g/mol. The van der Waals surface area contributed by atoms with E-state index in [1.54, 1.807) is 17.5 Å². The van der Waals surface area contributed by atoms with Gasteiger partial charge in [0, 0.05) is 17.1 Å². The zero-order valence-electron chi connectivity index (χ0n) is 16.6. The van der Waals surface area contributed by atoms with E-state index < -0.39 is 0 Å². The number of nitrogens with one attached hydrogen (secondary N) is 1. The molecule has 0 fully saturated rings. The maximum Gasteiger partial charge on any atom is 0.181 e. The Hall–Kier alpha value is -3.64. The first kappa shape index (κ1) is 19.7. The number of benzene rings is 1. The van der Waals surface area contributed by atoms with Crippen LogP contribution >= 0.6 is 11.3 Å². The van der Waals surface area contributed by atoms with Gasteiger partial charge in [-0.15, -0.1) is 11.3 Å². The van der Waals surface area contributed by atoms with Crippen LogP contribution in [0.1, 0.15) is 18.4 Å². The Kier molecular flexibility index (Phi) is 6.06. The number of nitrogens with zero attached hydrogens (tertiary/aromatic N) is 4. The van der Waals surface area contributed by atoms with Gasteiger partial charge in [0.25, 0.3) is 0 Å². The van der Waals surface area contributed by atoms with Gasteiger partial charge in [-0.1, -0.05) is 48.6 Å². The van der Waals surface area contributed by atoms with Gasteiger partial charge in [-0.2, -0.15) is 0 Å². The minimum Gasteiger partial charge on any atom is -0.364 e. The fraction of sp³-hybridized carbons (Fsp3) is 0.0833. The number of allylic oxidation sites excluding steroid dienone is 3. The van der Waals surface area contributed by atoms with Crippen molar-refractivity contribution in [2.45, 2.75) is 13.5 Å². The molecule has 0 amide bonds. The number of aliphatic imine (C=N–C) groups is 1. The molecule has 0 unspecified atom stereocenters. The van der Waals surface area contributed by atoms with Crippen molar-refractivity contribution in [1.82, 2.24) is 15.0 Å². The Morgan fingerprint density at radius 1 is 1.13 bits per heavy atom. The smallest absolute Gasteiger partial charge is 0.181 e. The van der Waals surface area contributed by atoms with E-state index in [0.29, 0.717) is 18.1 Å². The van der Waals surface area contributed by atoms with Crippen LogP contribution in [-0.4, -0.2) is 21.7 Å². The van der Waals surface area contributed by atoms with E-state index in [1.807, 2.05) is 61.5 Å². The fourth-order valence-corrected chi connectivity index (χ4v) is 4.02. The third-order valence-electron chi connectivity index (χ3n) is 4.53. The summed E-state index contributed by atoms with van der Waals surface area (Å²) in [5.74, 6) is 1.30. The molecule has 0 bridgehead atoms. The van der Waals surface area contributed by atoms with Gasteiger partial charge < -0.3 is 5.32 Å². The molecule has 4 aromatic rings. The van der Waals surface area contributed by atoms with Crippen LogP contribution in [0.15, 0.2) is 83.3 Å². The molecule has 6 heteroatoms. The predicted octanol–water partition coefficient (Wildman–Crippen LogP) is 5.98. The number of aromatic nitrogens is 3. The molecule has 0 radical (unpaired) electrons. The van der Waals surface area contributed by atoms with Crippen molar-refractivity contribution in [3.8, 4) is 11.1 Å². The molecule has 1 aromatic carbocycles. The number of rotatable bonds is 7. The highest BCUT2D eigenvalue weighted by Crippen LogP contribution is 2.37. The van der Waals surface area contributed by atoms with Crippen LogP contribution in [0.5, 0.6) is 0 Å². The SMILES string of the molecule is C=N/C(=C\C=C/C)c1nc(NCc2ccccn2)c2c(-c3ccccc3)csc2n1. The highest BCUT2D eigenvalue weighted by Gasteiger charge is 2.17. The lowest BCUT2D eigenvalue weighted by Gasteiger charge is -2.11. The van der Waals surface area contributed by atoms with Crippen molar-refractivity contribution in [2.75, 3.05) is 5.32 Å². The number of hydrogen-bond donors (Lipinski definition) is 1. The molecule has 3 heterocycles. The topological polar surface area (TPSA) is 63.1 Å². The van der Waals surface area contributed by atoms with Crippen molar-refractivity contribution in [3.05, 3.63) is 89.9 Å².